The van der Waals surface area contributed by atoms with Crippen LogP contribution in [-0.2, 0) is 4.79 Å². The summed E-state index contributed by atoms with van der Waals surface area (Å²) >= 11 is 7.82. The Balaban J connectivity index is 1.71. The molecule has 2 saturated heterocycles. The van der Waals surface area contributed by atoms with Gasteiger partial charge in [-0.15, -0.1) is 23.4 Å². The number of piperidine rings is 1. The molecule has 0 atom stereocenters. The van der Waals surface area contributed by atoms with Gasteiger partial charge in [0.05, 0.1) is 10.3 Å². The van der Waals surface area contributed by atoms with Crippen LogP contribution >= 0.6 is 23.4 Å². The third kappa shape index (κ3) is 3.54. The van der Waals surface area contributed by atoms with Crippen molar-refractivity contribution in [3.05, 3.63) is 35.9 Å². The van der Waals surface area contributed by atoms with E-state index in [1.54, 1.807) is 0 Å². The second kappa shape index (κ2) is 7.20. The van der Waals surface area contributed by atoms with Crippen molar-refractivity contribution in [2.45, 2.75) is 31.6 Å². The minimum Gasteiger partial charge on any atom is -0.342 e. The number of rotatable bonds is 3. The van der Waals surface area contributed by atoms with Gasteiger partial charge in [-0.25, -0.2) is 0 Å². The van der Waals surface area contributed by atoms with E-state index in [2.05, 4.69) is 0 Å². The summed E-state index contributed by atoms with van der Waals surface area (Å²) in [5.41, 5.74) is 0.208. The standard InChI is InChI=1S/C19H25ClN2O2S/c1-18(2,14-20)17(24)21-10-8-19(9-11-21)22(12-13-25-19)16(23)15-6-4-3-5-7-15/h3-7H,8-14H2,1-2H3. The zero-order valence-electron chi connectivity index (χ0n) is 14.8. The molecule has 0 radical (unpaired) electrons. The third-order valence-electron chi connectivity index (χ3n) is 5.19. The molecule has 1 aromatic carbocycles. The highest BCUT2D eigenvalue weighted by molar-refractivity contribution is 8.00. The summed E-state index contributed by atoms with van der Waals surface area (Å²) in [7, 11) is 0. The minimum atomic E-state index is -0.533. The zero-order valence-corrected chi connectivity index (χ0v) is 16.4. The van der Waals surface area contributed by atoms with Gasteiger partial charge < -0.3 is 9.80 Å². The molecule has 3 rings (SSSR count). The van der Waals surface area contributed by atoms with E-state index in [-0.39, 0.29) is 16.7 Å². The quantitative estimate of drug-likeness (QED) is 0.754. The summed E-state index contributed by atoms with van der Waals surface area (Å²) in [5, 5.41) is 0. The van der Waals surface area contributed by atoms with E-state index in [1.165, 1.54) is 0 Å². The maximum atomic E-state index is 13.0. The molecule has 2 fully saturated rings. The van der Waals surface area contributed by atoms with Gasteiger partial charge in [-0.1, -0.05) is 18.2 Å². The Morgan fingerprint density at radius 1 is 1.16 bits per heavy atom. The number of benzene rings is 1. The number of likely N-dealkylation sites (tertiary alicyclic amines) is 1. The Morgan fingerprint density at radius 2 is 1.80 bits per heavy atom. The lowest BCUT2D eigenvalue weighted by Gasteiger charge is -2.45. The second-order valence-corrected chi connectivity index (χ2v) is 9.15. The van der Waals surface area contributed by atoms with Crippen molar-refractivity contribution in [3.63, 3.8) is 0 Å². The first kappa shape index (κ1) is 18.6. The van der Waals surface area contributed by atoms with Crippen molar-refractivity contribution >= 4 is 35.2 Å². The lowest BCUT2D eigenvalue weighted by molar-refractivity contribution is -0.140. The predicted molar refractivity (Wildman–Crippen MR) is 103 cm³/mol. The van der Waals surface area contributed by atoms with E-state index in [4.69, 9.17) is 11.6 Å². The Labute approximate surface area is 158 Å². The lowest BCUT2D eigenvalue weighted by atomic mass is 9.92. The maximum absolute atomic E-state index is 13.0. The lowest BCUT2D eigenvalue weighted by Crippen LogP contribution is -2.55. The van der Waals surface area contributed by atoms with Crippen LogP contribution in [-0.4, -0.2) is 57.8 Å². The molecule has 1 spiro atoms. The fraction of sp³-hybridized carbons (Fsp3) is 0.579. The Bertz CT molecular complexity index is 642. The first-order chi connectivity index (χ1) is 11.9. The summed E-state index contributed by atoms with van der Waals surface area (Å²) in [6.07, 6.45) is 1.64. The molecule has 4 nitrogen and oxygen atoms in total. The molecule has 2 heterocycles. The number of amides is 2. The van der Waals surface area contributed by atoms with Crippen LogP contribution in [0.1, 0.15) is 37.0 Å². The van der Waals surface area contributed by atoms with E-state index in [0.29, 0.717) is 19.0 Å². The van der Waals surface area contributed by atoms with Crippen LogP contribution in [0.3, 0.4) is 0 Å². The molecular weight excluding hydrogens is 356 g/mol. The van der Waals surface area contributed by atoms with Crippen LogP contribution < -0.4 is 0 Å². The monoisotopic (exact) mass is 380 g/mol. The SMILES string of the molecule is CC(C)(CCl)C(=O)N1CCC2(CC1)SCCN2C(=O)c1ccccc1. The van der Waals surface area contributed by atoms with Gasteiger partial charge >= 0.3 is 0 Å². The fourth-order valence-corrected chi connectivity index (χ4v) is 5.16. The van der Waals surface area contributed by atoms with Gasteiger partial charge in [0.15, 0.2) is 0 Å². The van der Waals surface area contributed by atoms with E-state index in [9.17, 15) is 9.59 Å². The Morgan fingerprint density at radius 3 is 2.40 bits per heavy atom. The molecule has 0 saturated carbocycles. The highest BCUT2D eigenvalue weighted by atomic mass is 35.5. The van der Waals surface area contributed by atoms with Crippen molar-refractivity contribution < 1.29 is 9.59 Å². The van der Waals surface area contributed by atoms with Crippen molar-refractivity contribution in [2.75, 3.05) is 31.3 Å². The highest BCUT2D eigenvalue weighted by Gasteiger charge is 2.47. The first-order valence-electron chi connectivity index (χ1n) is 8.76. The summed E-state index contributed by atoms with van der Waals surface area (Å²) in [6.45, 7) is 5.93. The van der Waals surface area contributed by atoms with Gasteiger partial charge in [0.1, 0.15) is 0 Å². The largest absolute Gasteiger partial charge is 0.342 e. The average molecular weight is 381 g/mol. The zero-order chi connectivity index (χ0) is 18.1. The number of carbonyl (C=O) groups is 2. The van der Waals surface area contributed by atoms with Gasteiger partial charge in [0.25, 0.3) is 5.91 Å². The molecule has 6 heteroatoms. The van der Waals surface area contributed by atoms with Gasteiger partial charge in [0, 0.05) is 36.8 Å². The smallest absolute Gasteiger partial charge is 0.254 e. The number of nitrogens with zero attached hydrogens (tertiary/aromatic N) is 2. The Kier molecular flexibility index (Phi) is 5.35. The molecule has 0 aromatic heterocycles. The molecule has 0 N–H and O–H groups in total. The molecule has 136 valence electrons. The summed E-state index contributed by atoms with van der Waals surface area (Å²) in [4.78, 5) is 29.4. The van der Waals surface area contributed by atoms with Crippen LogP contribution in [0.25, 0.3) is 0 Å². The topological polar surface area (TPSA) is 40.6 Å². The van der Waals surface area contributed by atoms with Gasteiger partial charge in [-0.3, -0.25) is 9.59 Å². The van der Waals surface area contributed by atoms with E-state index in [1.807, 2.05) is 65.7 Å². The number of halogens is 1. The van der Waals surface area contributed by atoms with E-state index in [0.717, 1.165) is 30.7 Å². The van der Waals surface area contributed by atoms with E-state index >= 15 is 0 Å². The number of thioether (sulfide) groups is 1. The number of hydrogen-bond acceptors (Lipinski definition) is 3. The molecule has 2 aliphatic rings. The van der Waals surface area contributed by atoms with Crippen LogP contribution in [0.5, 0.6) is 0 Å². The Hall–Kier alpha value is -1.20. The number of hydrogen-bond donors (Lipinski definition) is 0. The molecular formula is C19H25ClN2O2S. The fourth-order valence-electron chi connectivity index (χ4n) is 3.59. The molecule has 2 amide bonds. The minimum absolute atomic E-state index is 0.103. The molecule has 2 aliphatic heterocycles. The van der Waals surface area contributed by atoms with E-state index < -0.39 is 5.41 Å². The van der Waals surface area contributed by atoms with Crippen LogP contribution in [0, 0.1) is 5.41 Å². The molecule has 25 heavy (non-hydrogen) atoms. The number of alkyl halides is 1. The van der Waals surface area contributed by atoms with Gasteiger partial charge in [-0.2, -0.15) is 0 Å². The molecule has 1 aromatic rings. The first-order valence-corrected chi connectivity index (χ1v) is 10.3. The normalized spacial score (nSPS) is 20.1. The van der Waals surface area contributed by atoms with Crippen molar-refractivity contribution in [2.24, 2.45) is 5.41 Å². The predicted octanol–water partition coefficient (Wildman–Crippen LogP) is 3.46. The molecule has 0 bridgehead atoms. The summed E-state index contributed by atoms with van der Waals surface area (Å²) in [6, 6.07) is 9.48. The van der Waals surface area contributed by atoms with Crippen molar-refractivity contribution in [1.29, 1.82) is 0 Å². The summed E-state index contributed by atoms with van der Waals surface area (Å²) < 4.78 is 0. The molecule has 0 unspecified atom stereocenters. The second-order valence-electron chi connectivity index (χ2n) is 7.43. The third-order valence-corrected chi connectivity index (χ3v) is 7.41. The van der Waals surface area contributed by atoms with Gasteiger partial charge in [-0.05, 0) is 38.8 Å². The molecule has 0 aliphatic carbocycles. The van der Waals surface area contributed by atoms with Crippen LogP contribution in [0.15, 0.2) is 30.3 Å². The van der Waals surface area contributed by atoms with Crippen LogP contribution in [0.2, 0.25) is 0 Å². The van der Waals surface area contributed by atoms with Crippen molar-refractivity contribution in [3.8, 4) is 0 Å². The average Bonchev–Trinajstić information content (AvgIpc) is 3.05. The van der Waals surface area contributed by atoms with Crippen LogP contribution in [0.4, 0.5) is 0 Å². The van der Waals surface area contributed by atoms with Crippen molar-refractivity contribution in [1.82, 2.24) is 9.80 Å². The van der Waals surface area contributed by atoms with Gasteiger partial charge in [0.2, 0.25) is 5.91 Å². The maximum Gasteiger partial charge on any atom is 0.254 e. The summed E-state index contributed by atoms with van der Waals surface area (Å²) in [5.74, 6) is 1.49. The number of carbonyl (C=O) groups excluding carboxylic acids is 2. The highest BCUT2D eigenvalue weighted by Crippen LogP contribution is 2.45.